The highest BCUT2D eigenvalue weighted by atomic mass is 32.1. The van der Waals surface area contributed by atoms with Crippen LogP contribution >= 0.6 is 11.3 Å². The van der Waals surface area contributed by atoms with Crippen LogP contribution in [0.5, 0.6) is 0 Å². The zero-order chi connectivity index (χ0) is 13.1. The molecule has 1 rings (SSSR count). The van der Waals surface area contributed by atoms with Gasteiger partial charge in [-0.05, 0) is 24.5 Å². The van der Waals surface area contributed by atoms with Gasteiger partial charge in [-0.1, -0.05) is 26.7 Å². The second kappa shape index (κ2) is 5.68. The van der Waals surface area contributed by atoms with Gasteiger partial charge in [-0.2, -0.15) is 0 Å². The van der Waals surface area contributed by atoms with Gasteiger partial charge in [0.15, 0.2) is 0 Å². The van der Waals surface area contributed by atoms with Crippen LogP contribution in [0, 0.1) is 12.3 Å². The van der Waals surface area contributed by atoms with Crippen molar-refractivity contribution < 1.29 is 0 Å². The third-order valence-electron chi connectivity index (χ3n) is 2.65. The highest BCUT2D eigenvalue weighted by molar-refractivity contribution is 7.12. The Hall–Kier alpha value is -0.820. The number of rotatable bonds is 4. The minimum Gasteiger partial charge on any atom is -0.329 e. The van der Waals surface area contributed by atoms with E-state index in [4.69, 9.17) is 12.2 Å². The maximum Gasteiger partial charge on any atom is 0.0663 e. The van der Waals surface area contributed by atoms with Crippen LogP contribution in [0.25, 0.3) is 0 Å². The van der Waals surface area contributed by atoms with Gasteiger partial charge in [-0.3, -0.25) is 5.32 Å². The van der Waals surface area contributed by atoms with Crippen LogP contribution in [0.15, 0.2) is 12.1 Å². The summed E-state index contributed by atoms with van der Waals surface area (Å²) in [7, 11) is 0. The van der Waals surface area contributed by atoms with Gasteiger partial charge in [0.2, 0.25) is 0 Å². The summed E-state index contributed by atoms with van der Waals surface area (Å²) in [5.41, 5.74) is 6.00. The molecular weight excluding hydrogens is 228 g/mol. The molecule has 0 aliphatic rings. The molecule has 3 heteroatoms. The Kier molecular flexibility index (Phi) is 4.76. The summed E-state index contributed by atoms with van der Waals surface area (Å²) in [6.07, 6.45) is 5.38. The monoisotopic (exact) mass is 250 g/mol. The van der Waals surface area contributed by atoms with Gasteiger partial charge in [0.25, 0.3) is 0 Å². The average molecular weight is 250 g/mol. The Balaban J connectivity index is 2.84. The van der Waals surface area contributed by atoms with E-state index in [-0.39, 0.29) is 17.5 Å². The Labute approximate surface area is 109 Å². The van der Waals surface area contributed by atoms with Crippen LogP contribution in [0.1, 0.15) is 43.5 Å². The molecular formula is C14H22N2S. The maximum absolute atomic E-state index is 5.80. The fraction of sp³-hybridized carbons (Fsp3) is 0.571. The van der Waals surface area contributed by atoms with Crippen LogP contribution in [0.2, 0.25) is 0 Å². The quantitative estimate of drug-likeness (QED) is 0.806. The summed E-state index contributed by atoms with van der Waals surface area (Å²) in [6.45, 7) is 9.20. The lowest BCUT2D eigenvalue weighted by molar-refractivity contribution is 0.525. The average Bonchev–Trinajstić information content (AvgIpc) is 2.74. The molecule has 3 N–H and O–H groups in total. The molecule has 94 valence electrons. The third-order valence-corrected chi connectivity index (χ3v) is 4.27. The molecule has 2 nitrogen and oxygen atoms in total. The van der Waals surface area contributed by atoms with Gasteiger partial charge in [-0.25, -0.2) is 0 Å². The van der Waals surface area contributed by atoms with Crippen LogP contribution in [0.4, 0.5) is 0 Å². The molecule has 0 radical (unpaired) electrons. The van der Waals surface area contributed by atoms with Crippen molar-refractivity contribution in [3.05, 3.63) is 21.9 Å². The lowest BCUT2D eigenvalue weighted by Gasteiger charge is -2.19. The largest absolute Gasteiger partial charge is 0.329 e. The molecule has 0 saturated heterocycles. The summed E-state index contributed by atoms with van der Waals surface area (Å²) in [5.74, 6) is 2.67. The summed E-state index contributed by atoms with van der Waals surface area (Å²) in [5, 5.41) is 3.35. The number of hydrogen-bond acceptors (Lipinski definition) is 3. The highest BCUT2D eigenvalue weighted by Gasteiger charge is 2.19. The second-order valence-corrected chi connectivity index (χ2v) is 6.41. The Morgan fingerprint density at radius 3 is 2.53 bits per heavy atom. The van der Waals surface area contributed by atoms with Crippen LogP contribution in [0.3, 0.4) is 0 Å². The van der Waals surface area contributed by atoms with Gasteiger partial charge in [0, 0.05) is 16.3 Å². The van der Waals surface area contributed by atoms with E-state index in [1.165, 1.54) is 9.75 Å². The summed E-state index contributed by atoms with van der Waals surface area (Å²) in [4.78, 5) is 2.64. The molecule has 1 aromatic rings. The second-order valence-electron chi connectivity index (χ2n) is 5.30. The van der Waals surface area contributed by atoms with Crippen LogP contribution in [-0.2, 0) is 5.41 Å². The maximum atomic E-state index is 5.80. The molecule has 0 spiro atoms. The first-order valence-corrected chi connectivity index (χ1v) is 6.72. The number of thiophene rings is 1. The number of nitrogens with one attached hydrogen (secondary N) is 1. The van der Waals surface area contributed by atoms with Crippen molar-refractivity contribution in [3.8, 4) is 12.3 Å². The molecule has 0 bridgehead atoms. The predicted molar refractivity (Wildman–Crippen MR) is 76.2 cm³/mol. The zero-order valence-corrected chi connectivity index (χ0v) is 11.9. The first-order valence-electron chi connectivity index (χ1n) is 5.91. The van der Waals surface area contributed by atoms with Gasteiger partial charge >= 0.3 is 0 Å². The topological polar surface area (TPSA) is 38.0 Å². The van der Waals surface area contributed by atoms with Crippen LogP contribution < -0.4 is 11.1 Å². The van der Waals surface area contributed by atoms with Crippen molar-refractivity contribution >= 4 is 11.3 Å². The Bertz CT molecular complexity index is 395. The number of hydrogen-bond donors (Lipinski definition) is 2. The summed E-state index contributed by atoms with van der Waals surface area (Å²) in [6, 6.07) is 4.54. The first kappa shape index (κ1) is 14.2. The predicted octanol–water partition coefficient (Wildman–Crippen LogP) is 2.66. The van der Waals surface area contributed by atoms with E-state index in [0.717, 1.165) is 0 Å². The molecule has 2 atom stereocenters. The van der Waals surface area contributed by atoms with Crippen molar-refractivity contribution in [1.29, 1.82) is 0 Å². The van der Waals surface area contributed by atoms with Crippen LogP contribution in [-0.4, -0.2) is 12.6 Å². The highest BCUT2D eigenvalue weighted by Crippen LogP contribution is 2.32. The molecule has 0 amide bonds. The van der Waals surface area contributed by atoms with Crippen molar-refractivity contribution in [2.45, 2.75) is 45.2 Å². The fourth-order valence-corrected chi connectivity index (χ4v) is 2.70. The first-order chi connectivity index (χ1) is 7.88. The van der Waals surface area contributed by atoms with Crippen molar-refractivity contribution in [2.75, 3.05) is 6.54 Å². The third kappa shape index (κ3) is 3.85. The van der Waals surface area contributed by atoms with Crippen molar-refractivity contribution in [2.24, 2.45) is 5.73 Å². The van der Waals surface area contributed by atoms with E-state index in [1.807, 2.05) is 18.3 Å². The van der Waals surface area contributed by atoms with E-state index >= 15 is 0 Å². The molecule has 0 aliphatic carbocycles. The molecule has 0 aromatic carbocycles. The normalized spacial score (nSPS) is 15.3. The Morgan fingerprint density at radius 1 is 1.47 bits per heavy atom. The van der Waals surface area contributed by atoms with E-state index in [0.29, 0.717) is 6.54 Å². The molecule has 0 saturated carbocycles. The van der Waals surface area contributed by atoms with Gasteiger partial charge < -0.3 is 5.73 Å². The van der Waals surface area contributed by atoms with Gasteiger partial charge in [0.05, 0.1) is 12.1 Å². The number of terminal acetylenes is 1. The van der Waals surface area contributed by atoms with Crippen molar-refractivity contribution in [3.63, 3.8) is 0 Å². The van der Waals surface area contributed by atoms with E-state index in [2.05, 4.69) is 44.1 Å². The fourth-order valence-electron chi connectivity index (χ4n) is 1.56. The molecule has 0 fully saturated rings. The molecule has 1 aromatic heterocycles. The lowest BCUT2D eigenvalue weighted by Crippen LogP contribution is -2.33. The van der Waals surface area contributed by atoms with E-state index in [1.54, 1.807) is 0 Å². The zero-order valence-electron chi connectivity index (χ0n) is 11.1. The van der Waals surface area contributed by atoms with E-state index < -0.39 is 0 Å². The van der Waals surface area contributed by atoms with Crippen molar-refractivity contribution in [1.82, 2.24) is 5.32 Å². The molecule has 17 heavy (non-hydrogen) atoms. The summed E-state index contributed by atoms with van der Waals surface area (Å²) >= 11 is 1.81. The molecule has 0 aliphatic heterocycles. The van der Waals surface area contributed by atoms with E-state index in [9.17, 15) is 0 Å². The molecule has 1 heterocycles. The Morgan fingerprint density at radius 2 is 2.12 bits per heavy atom. The standard InChI is InChI=1S/C14H22N2S/c1-6-10(2)16-11(9-15)12-7-8-13(17-12)14(3,4)5/h1,7-8,10-11,16H,9,15H2,2-5H3. The van der Waals surface area contributed by atoms with Gasteiger partial charge in [-0.15, -0.1) is 17.8 Å². The lowest BCUT2D eigenvalue weighted by atomic mass is 9.95. The molecule has 2 unspecified atom stereocenters. The van der Waals surface area contributed by atoms with Gasteiger partial charge in [0.1, 0.15) is 0 Å². The SMILES string of the molecule is C#CC(C)NC(CN)c1ccc(C(C)(C)C)s1. The number of nitrogens with two attached hydrogens (primary N) is 1. The summed E-state index contributed by atoms with van der Waals surface area (Å²) < 4.78 is 0. The smallest absolute Gasteiger partial charge is 0.0663 e. The minimum atomic E-state index is 0.0451. The minimum absolute atomic E-state index is 0.0451.